The van der Waals surface area contributed by atoms with Gasteiger partial charge in [-0.1, -0.05) is 65.1 Å². The second kappa shape index (κ2) is 8.46. The maximum Gasteiger partial charge on any atom is 0.256 e. The molecule has 0 aliphatic heterocycles. The molecule has 0 atom stereocenters. The van der Waals surface area contributed by atoms with E-state index in [1.807, 2.05) is 30.3 Å². The molecule has 0 unspecified atom stereocenters. The van der Waals surface area contributed by atoms with Gasteiger partial charge in [-0.3, -0.25) is 4.79 Å². The summed E-state index contributed by atoms with van der Waals surface area (Å²) in [6.45, 7) is 0.553. The fraction of sp³-hybridized carbons (Fsp3) is 0.0909. The Morgan fingerprint density at radius 1 is 0.897 bits per heavy atom. The zero-order valence-electron chi connectivity index (χ0n) is 15.1. The topological polar surface area (TPSA) is 46.3 Å². The molecule has 146 valence electrons. The fourth-order valence-corrected chi connectivity index (χ4v) is 3.67. The molecule has 1 aromatic heterocycles. The lowest BCUT2D eigenvalue weighted by Gasteiger charge is -2.22. The Kier molecular flexibility index (Phi) is 5.76. The average molecular weight is 446 g/mol. The minimum Gasteiger partial charge on any atom is -0.439 e. The van der Waals surface area contributed by atoms with Gasteiger partial charge in [-0.15, -0.1) is 0 Å². The van der Waals surface area contributed by atoms with Crippen LogP contribution in [0.1, 0.15) is 21.8 Å². The monoisotopic (exact) mass is 444 g/mol. The molecule has 4 nitrogen and oxygen atoms in total. The first-order valence-electron chi connectivity index (χ1n) is 8.83. The molecular formula is C22H15Cl3N2O2. The fourth-order valence-electron chi connectivity index (χ4n) is 3.02. The number of amides is 1. The van der Waals surface area contributed by atoms with Crippen molar-refractivity contribution in [1.82, 2.24) is 9.88 Å². The lowest BCUT2D eigenvalue weighted by atomic mass is 10.1. The standard InChI is InChI=1S/C22H15Cl3N2O2/c23-15-6-8-17(18(25)10-15)22(28)27(12-14-4-2-1-3-5-14)13-21-26-19-11-16(24)7-9-20(19)29-21/h1-11H,12-13H2. The van der Waals surface area contributed by atoms with Crippen molar-refractivity contribution in [3.05, 3.63) is 98.8 Å². The van der Waals surface area contributed by atoms with Crippen LogP contribution in [0.4, 0.5) is 0 Å². The summed E-state index contributed by atoms with van der Waals surface area (Å²) in [7, 11) is 0. The van der Waals surface area contributed by atoms with Gasteiger partial charge in [0, 0.05) is 16.6 Å². The van der Waals surface area contributed by atoms with E-state index in [-0.39, 0.29) is 12.5 Å². The van der Waals surface area contributed by atoms with Crippen LogP contribution in [-0.2, 0) is 13.1 Å². The molecule has 4 aromatic rings. The van der Waals surface area contributed by atoms with E-state index in [0.717, 1.165) is 5.56 Å². The van der Waals surface area contributed by atoms with Crippen LogP contribution < -0.4 is 0 Å². The molecule has 0 fully saturated rings. The Morgan fingerprint density at radius 2 is 1.62 bits per heavy atom. The third-order valence-electron chi connectivity index (χ3n) is 4.39. The predicted octanol–water partition coefficient (Wildman–Crippen LogP) is 6.63. The van der Waals surface area contributed by atoms with E-state index >= 15 is 0 Å². The van der Waals surface area contributed by atoms with Crippen LogP contribution in [0.25, 0.3) is 11.1 Å². The first kappa shape index (κ1) is 19.8. The van der Waals surface area contributed by atoms with Crippen molar-refractivity contribution < 1.29 is 9.21 Å². The molecule has 7 heteroatoms. The number of nitrogens with zero attached hydrogens (tertiary/aromatic N) is 2. The number of carbonyl (C=O) groups excluding carboxylic acids is 1. The number of benzene rings is 3. The van der Waals surface area contributed by atoms with Gasteiger partial charge in [0.1, 0.15) is 5.52 Å². The Hall–Kier alpha value is -2.53. The summed E-state index contributed by atoms with van der Waals surface area (Å²) in [4.78, 5) is 19.4. The van der Waals surface area contributed by atoms with Gasteiger partial charge in [0.2, 0.25) is 5.89 Å². The molecule has 3 aromatic carbocycles. The third kappa shape index (κ3) is 4.56. The number of carbonyl (C=O) groups is 1. The highest BCUT2D eigenvalue weighted by molar-refractivity contribution is 6.36. The number of hydrogen-bond donors (Lipinski definition) is 0. The summed E-state index contributed by atoms with van der Waals surface area (Å²) < 4.78 is 5.81. The lowest BCUT2D eigenvalue weighted by Crippen LogP contribution is -2.30. The summed E-state index contributed by atoms with van der Waals surface area (Å²) in [6.07, 6.45) is 0. The maximum absolute atomic E-state index is 13.3. The number of aromatic nitrogens is 1. The number of halogens is 3. The molecule has 0 saturated heterocycles. The van der Waals surface area contributed by atoms with Gasteiger partial charge in [-0.25, -0.2) is 4.98 Å². The van der Waals surface area contributed by atoms with Gasteiger partial charge in [0.15, 0.2) is 5.58 Å². The maximum atomic E-state index is 13.3. The van der Waals surface area contributed by atoms with E-state index in [2.05, 4.69) is 4.98 Å². The third-order valence-corrected chi connectivity index (χ3v) is 5.17. The van der Waals surface area contributed by atoms with E-state index in [1.165, 1.54) is 0 Å². The van der Waals surface area contributed by atoms with Gasteiger partial charge in [0.25, 0.3) is 5.91 Å². The van der Waals surface area contributed by atoms with Gasteiger partial charge in [-0.2, -0.15) is 0 Å². The molecule has 0 aliphatic carbocycles. The second-order valence-electron chi connectivity index (χ2n) is 6.49. The highest BCUT2D eigenvalue weighted by Crippen LogP contribution is 2.25. The van der Waals surface area contributed by atoms with Gasteiger partial charge < -0.3 is 9.32 Å². The summed E-state index contributed by atoms with van der Waals surface area (Å²) >= 11 is 18.3. The molecule has 1 amide bonds. The molecule has 29 heavy (non-hydrogen) atoms. The van der Waals surface area contributed by atoms with Crippen molar-refractivity contribution in [2.75, 3.05) is 0 Å². The zero-order chi connectivity index (χ0) is 20.4. The second-order valence-corrected chi connectivity index (χ2v) is 7.77. The highest BCUT2D eigenvalue weighted by Gasteiger charge is 2.21. The minimum absolute atomic E-state index is 0.180. The highest BCUT2D eigenvalue weighted by atomic mass is 35.5. The number of fused-ring (bicyclic) bond motifs is 1. The normalized spacial score (nSPS) is 11.0. The van der Waals surface area contributed by atoms with Crippen molar-refractivity contribution in [2.45, 2.75) is 13.1 Å². The minimum atomic E-state index is -0.240. The Bertz CT molecular complexity index is 1180. The lowest BCUT2D eigenvalue weighted by molar-refractivity contribution is 0.0715. The molecule has 1 heterocycles. The van der Waals surface area contributed by atoms with Gasteiger partial charge in [0.05, 0.1) is 17.1 Å². The average Bonchev–Trinajstić information content (AvgIpc) is 3.09. The molecule has 0 saturated carbocycles. The Labute approximate surface area is 182 Å². The van der Waals surface area contributed by atoms with Crippen molar-refractivity contribution in [3.63, 3.8) is 0 Å². The van der Waals surface area contributed by atoms with Crippen molar-refractivity contribution >= 4 is 51.8 Å². The van der Waals surface area contributed by atoms with Gasteiger partial charge >= 0.3 is 0 Å². The summed E-state index contributed by atoms with van der Waals surface area (Å²) in [5, 5.41) is 1.34. The SMILES string of the molecule is O=C(c1ccc(Cl)cc1Cl)N(Cc1ccccc1)Cc1nc2cc(Cl)ccc2o1. The molecule has 0 bridgehead atoms. The van der Waals surface area contributed by atoms with Gasteiger partial charge in [-0.05, 0) is 42.0 Å². The first-order chi connectivity index (χ1) is 14.0. The van der Waals surface area contributed by atoms with Crippen LogP contribution in [-0.4, -0.2) is 15.8 Å². The molecule has 0 aliphatic rings. The Morgan fingerprint density at radius 3 is 2.38 bits per heavy atom. The van der Waals surface area contributed by atoms with Crippen LogP contribution >= 0.6 is 34.8 Å². The van der Waals surface area contributed by atoms with E-state index in [1.54, 1.807) is 41.3 Å². The van der Waals surface area contributed by atoms with Crippen LogP contribution in [0, 0.1) is 0 Å². The van der Waals surface area contributed by atoms with Crippen molar-refractivity contribution in [2.24, 2.45) is 0 Å². The summed E-state index contributed by atoms with van der Waals surface area (Å²) in [6, 6.07) is 19.7. The molecule has 0 spiro atoms. The first-order valence-corrected chi connectivity index (χ1v) is 9.96. The van der Waals surface area contributed by atoms with Crippen LogP contribution in [0.3, 0.4) is 0 Å². The Balaban J connectivity index is 1.67. The van der Waals surface area contributed by atoms with Crippen LogP contribution in [0.15, 0.2) is 71.1 Å². The summed E-state index contributed by atoms with van der Waals surface area (Å²) in [5.74, 6) is 0.174. The van der Waals surface area contributed by atoms with Crippen LogP contribution in [0.5, 0.6) is 0 Å². The number of oxazole rings is 1. The van der Waals surface area contributed by atoms with E-state index in [9.17, 15) is 4.79 Å². The largest absolute Gasteiger partial charge is 0.439 e. The molecular weight excluding hydrogens is 431 g/mol. The quantitative estimate of drug-likeness (QED) is 0.346. The van der Waals surface area contributed by atoms with E-state index in [0.29, 0.717) is 44.2 Å². The zero-order valence-corrected chi connectivity index (χ0v) is 17.4. The predicted molar refractivity (Wildman–Crippen MR) is 116 cm³/mol. The number of hydrogen-bond acceptors (Lipinski definition) is 3. The molecule has 0 radical (unpaired) electrons. The van der Waals surface area contributed by atoms with Crippen molar-refractivity contribution in [1.29, 1.82) is 0 Å². The van der Waals surface area contributed by atoms with Crippen LogP contribution in [0.2, 0.25) is 15.1 Å². The van der Waals surface area contributed by atoms with E-state index in [4.69, 9.17) is 39.2 Å². The molecule has 4 rings (SSSR count). The number of rotatable bonds is 5. The van der Waals surface area contributed by atoms with Crippen molar-refractivity contribution in [3.8, 4) is 0 Å². The smallest absolute Gasteiger partial charge is 0.256 e. The molecule has 0 N–H and O–H groups in total. The van der Waals surface area contributed by atoms with E-state index < -0.39 is 0 Å². The summed E-state index contributed by atoms with van der Waals surface area (Å²) in [5.41, 5.74) is 2.60.